The Labute approximate surface area is 86.0 Å². The monoisotopic (exact) mass is 203 g/mol. The standard InChI is InChI=1S/C11H9NOS/c1-7-4-9-10(5-12)8(6-13)2-3-11(9)14-7/h2-4,13H,6H2,1H3. The summed E-state index contributed by atoms with van der Waals surface area (Å²) in [5.74, 6) is 0. The molecule has 1 aromatic carbocycles. The highest BCUT2D eigenvalue weighted by Crippen LogP contribution is 2.29. The van der Waals surface area contributed by atoms with Gasteiger partial charge in [-0.3, -0.25) is 0 Å². The quantitative estimate of drug-likeness (QED) is 0.774. The molecule has 1 aromatic heterocycles. The van der Waals surface area contributed by atoms with Gasteiger partial charge < -0.3 is 5.11 Å². The highest BCUT2D eigenvalue weighted by Gasteiger charge is 2.08. The third-order valence-corrected chi connectivity index (χ3v) is 3.21. The zero-order valence-electron chi connectivity index (χ0n) is 7.74. The molecule has 0 bridgehead atoms. The molecule has 0 saturated heterocycles. The molecule has 14 heavy (non-hydrogen) atoms. The van der Waals surface area contributed by atoms with Crippen molar-refractivity contribution in [3.8, 4) is 6.07 Å². The van der Waals surface area contributed by atoms with Crippen LogP contribution in [0.2, 0.25) is 0 Å². The van der Waals surface area contributed by atoms with Crippen molar-refractivity contribution in [2.75, 3.05) is 0 Å². The van der Waals surface area contributed by atoms with E-state index >= 15 is 0 Å². The molecule has 0 unspecified atom stereocenters. The van der Waals surface area contributed by atoms with Crippen LogP contribution in [0.15, 0.2) is 18.2 Å². The number of nitrogens with zero attached hydrogens (tertiary/aromatic N) is 1. The number of hydrogen-bond donors (Lipinski definition) is 1. The van der Waals surface area contributed by atoms with Crippen LogP contribution in [-0.2, 0) is 6.61 Å². The average Bonchev–Trinajstić information content (AvgIpc) is 2.56. The van der Waals surface area contributed by atoms with E-state index in [0.29, 0.717) is 11.1 Å². The van der Waals surface area contributed by atoms with Crippen LogP contribution >= 0.6 is 11.3 Å². The maximum atomic E-state index is 9.07. The zero-order chi connectivity index (χ0) is 10.1. The van der Waals surface area contributed by atoms with Gasteiger partial charge in [0.25, 0.3) is 0 Å². The Kier molecular flexibility index (Phi) is 2.24. The first-order valence-electron chi connectivity index (χ1n) is 4.29. The third kappa shape index (κ3) is 1.29. The van der Waals surface area contributed by atoms with Gasteiger partial charge in [0.1, 0.15) is 6.07 Å². The molecular formula is C11H9NOS. The van der Waals surface area contributed by atoms with Gasteiger partial charge in [0.15, 0.2) is 0 Å². The summed E-state index contributed by atoms with van der Waals surface area (Å²) >= 11 is 1.67. The van der Waals surface area contributed by atoms with E-state index in [0.717, 1.165) is 10.1 Å². The summed E-state index contributed by atoms with van der Waals surface area (Å²) in [5, 5.41) is 19.0. The highest BCUT2D eigenvalue weighted by atomic mass is 32.1. The smallest absolute Gasteiger partial charge is 0.100 e. The summed E-state index contributed by atoms with van der Waals surface area (Å²) in [6.07, 6.45) is 0. The fourth-order valence-corrected chi connectivity index (χ4v) is 2.48. The molecule has 0 aliphatic heterocycles. The minimum Gasteiger partial charge on any atom is -0.392 e. The van der Waals surface area contributed by atoms with E-state index in [4.69, 9.17) is 10.4 Å². The van der Waals surface area contributed by atoms with E-state index in [1.807, 2.05) is 25.1 Å². The lowest BCUT2D eigenvalue weighted by atomic mass is 10.1. The number of fused-ring (bicyclic) bond motifs is 1. The van der Waals surface area contributed by atoms with Gasteiger partial charge in [0, 0.05) is 15.0 Å². The summed E-state index contributed by atoms with van der Waals surface area (Å²) < 4.78 is 1.11. The van der Waals surface area contributed by atoms with Crippen molar-refractivity contribution in [1.29, 1.82) is 5.26 Å². The van der Waals surface area contributed by atoms with Crippen LogP contribution in [0.25, 0.3) is 10.1 Å². The fraction of sp³-hybridized carbons (Fsp3) is 0.182. The van der Waals surface area contributed by atoms with E-state index in [2.05, 4.69) is 6.07 Å². The molecule has 1 heterocycles. The predicted molar refractivity (Wildman–Crippen MR) is 57.2 cm³/mol. The van der Waals surface area contributed by atoms with Crippen LogP contribution in [0.5, 0.6) is 0 Å². The molecule has 0 spiro atoms. The fourth-order valence-electron chi connectivity index (χ4n) is 1.55. The number of nitriles is 1. The Bertz CT molecular complexity index is 522. The summed E-state index contributed by atoms with van der Waals surface area (Å²) in [4.78, 5) is 1.19. The van der Waals surface area contributed by atoms with Crippen LogP contribution in [0.1, 0.15) is 16.0 Å². The molecule has 0 atom stereocenters. The molecule has 0 radical (unpaired) electrons. The molecule has 2 rings (SSSR count). The third-order valence-electron chi connectivity index (χ3n) is 2.19. The first-order chi connectivity index (χ1) is 6.76. The van der Waals surface area contributed by atoms with Crippen LogP contribution < -0.4 is 0 Å². The Morgan fingerprint density at radius 3 is 2.93 bits per heavy atom. The minimum atomic E-state index is -0.0757. The number of thiophene rings is 1. The van der Waals surface area contributed by atoms with E-state index in [1.165, 1.54) is 4.88 Å². The number of aliphatic hydroxyl groups is 1. The van der Waals surface area contributed by atoms with Gasteiger partial charge in [-0.05, 0) is 24.6 Å². The molecule has 0 aliphatic rings. The molecular weight excluding hydrogens is 194 g/mol. The lowest BCUT2D eigenvalue weighted by Crippen LogP contribution is -1.88. The topological polar surface area (TPSA) is 44.0 Å². The molecule has 3 heteroatoms. The second-order valence-electron chi connectivity index (χ2n) is 3.14. The van der Waals surface area contributed by atoms with E-state index < -0.39 is 0 Å². The van der Waals surface area contributed by atoms with Crippen molar-refractivity contribution >= 4 is 21.4 Å². The van der Waals surface area contributed by atoms with Gasteiger partial charge in [-0.2, -0.15) is 5.26 Å². The van der Waals surface area contributed by atoms with Gasteiger partial charge in [0.2, 0.25) is 0 Å². The minimum absolute atomic E-state index is 0.0757. The van der Waals surface area contributed by atoms with Gasteiger partial charge in [-0.1, -0.05) is 6.07 Å². The second-order valence-corrected chi connectivity index (χ2v) is 4.43. The van der Waals surface area contributed by atoms with Crippen molar-refractivity contribution in [3.63, 3.8) is 0 Å². The van der Waals surface area contributed by atoms with Crippen LogP contribution in [0.3, 0.4) is 0 Å². The number of hydrogen-bond acceptors (Lipinski definition) is 3. The molecule has 2 aromatic rings. The number of aryl methyl sites for hydroxylation is 1. The Balaban J connectivity index is 2.84. The Hall–Kier alpha value is -1.37. The summed E-state index contributed by atoms with van der Waals surface area (Å²) in [6.45, 7) is 1.94. The number of rotatable bonds is 1. The lowest BCUT2D eigenvalue weighted by molar-refractivity contribution is 0.281. The SMILES string of the molecule is Cc1cc2c(C#N)c(CO)ccc2s1. The maximum absolute atomic E-state index is 9.07. The van der Waals surface area contributed by atoms with E-state index in [1.54, 1.807) is 11.3 Å². The highest BCUT2D eigenvalue weighted by molar-refractivity contribution is 7.19. The van der Waals surface area contributed by atoms with E-state index in [-0.39, 0.29) is 6.61 Å². The van der Waals surface area contributed by atoms with Gasteiger partial charge in [0.05, 0.1) is 12.2 Å². The van der Waals surface area contributed by atoms with Crippen molar-refractivity contribution in [1.82, 2.24) is 0 Å². The first kappa shape index (κ1) is 9.20. The molecule has 70 valence electrons. The van der Waals surface area contributed by atoms with Gasteiger partial charge >= 0.3 is 0 Å². The molecule has 2 nitrogen and oxygen atoms in total. The maximum Gasteiger partial charge on any atom is 0.100 e. The Morgan fingerprint density at radius 2 is 2.29 bits per heavy atom. The molecule has 0 aliphatic carbocycles. The molecule has 0 amide bonds. The van der Waals surface area contributed by atoms with Crippen LogP contribution in [0, 0.1) is 18.3 Å². The summed E-state index contributed by atoms with van der Waals surface area (Å²) in [7, 11) is 0. The van der Waals surface area contributed by atoms with Crippen molar-refractivity contribution in [3.05, 3.63) is 34.2 Å². The molecule has 0 fully saturated rings. The van der Waals surface area contributed by atoms with E-state index in [9.17, 15) is 0 Å². The number of aliphatic hydroxyl groups excluding tert-OH is 1. The van der Waals surface area contributed by atoms with Crippen molar-refractivity contribution in [2.24, 2.45) is 0 Å². The normalized spacial score (nSPS) is 10.4. The predicted octanol–water partition coefficient (Wildman–Crippen LogP) is 2.57. The zero-order valence-corrected chi connectivity index (χ0v) is 8.56. The largest absolute Gasteiger partial charge is 0.392 e. The van der Waals surface area contributed by atoms with Gasteiger partial charge in [-0.15, -0.1) is 11.3 Å². The average molecular weight is 203 g/mol. The molecule has 1 N–H and O–H groups in total. The number of benzene rings is 1. The van der Waals surface area contributed by atoms with Crippen LogP contribution in [-0.4, -0.2) is 5.11 Å². The summed E-state index contributed by atoms with van der Waals surface area (Å²) in [5.41, 5.74) is 1.31. The summed E-state index contributed by atoms with van der Waals surface area (Å²) in [6, 6.07) is 7.92. The second kappa shape index (κ2) is 3.41. The van der Waals surface area contributed by atoms with Crippen molar-refractivity contribution < 1.29 is 5.11 Å². The van der Waals surface area contributed by atoms with Gasteiger partial charge in [-0.25, -0.2) is 0 Å². The lowest BCUT2D eigenvalue weighted by Gasteiger charge is -1.99. The van der Waals surface area contributed by atoms with Crippen LogP contribution in [0.4, 0.5) is 0 Å². The Morgan fingerprint density at radius 1 is 1.50 bits per heavy atom. The first-order valence-corrected chi connectivity index (χ1v) is 5.11. The molecule has 0 saturated carbocycles. The van der Waals surface area contributed by atoms with Crippen molar-refractivity contribution in [2.45, 2.75) is 13.5 Å².